The number of aromatic nitrogens is 2. The van der Waals surface area contributed by atoms with E-state index in [0.29, 0.717) is 13.0 Å². The predicted molar refractivity (Wildman–Crippen MR) is 97.1 cm³/mol. The normalized spacial score (nSPS) is 23.7. The Hall–Kier alpha value is -1.37. The van der Waals surface area contributed by atoms with Crippen molar-refractivity contribution in [2.45, 2.75) is 65.0 Å². The smallest absolute Gasteiger partial charge is 0.225 e. The standard InChI is InChI=1S/C18H29N3O3S/c1-13-17(11-20(3)18(22)15-7-5-4-6-8-15)14(2)21(19-13)16-9-10-25(23,24)12-16/h15-16H,4-12H2,1-3H3. The molecule has 1 amide bonds. The minimum atomic E-state index is -2.94. The van der Waals surface area contributed by atoms with E-state index in [1.54, 1.807) is 0 Å². The first-order chi connectivity index (χ1) is 11.8. The highest BCUT2D eigenvalue weighted by molar-refractivity contribution is 7.91. The van der Waals surface area contributed by atoms with Gasteiger partial charge in [-0.05, 0) is 33.1 Å². The first-order valence-corrected chi connectivity index (χ1v) is 11.1. The van der Waals surface area contributed by atoms with Crippen LogP contribution >= 0.6 is 0 Å². The lowest BCUT2D eigenvalue weighted by molar-refractivity contribution is -0.135. The van der Waals surface area contributed by atoms with Crippen LogP contribution in [-0.2, 0) is 21.2 Å². The molecule has 0 N–H and O–H groups in total. The van der Waals surface area contributed by atoms with E-state index in [4.69, 9.17) is 0 Å². The Labute approximate surface area is 150 Å². The van der Waals surface area contributed by atoms with Gasteiger partial charge in [0, 0.05) is 30.8 Å². The van der Waals surface area contributed by atoms with Crippen molar-refractivity contribution < 1.29 is 13.2 Å². The van der Waals surface area contributed by atoms with Crippen molar-refractivity contribution in [2.24, 2.45) is 5.92 Å². The quantitative estimate of drug-likeness (QED) is 0.819. The van der Waals surface area contributed by atoms with Gasteiger partial charge in [-0.15, -0.1) is 0 Å². The van der Waals surface area contributed by atoms with E-state index in [1.807, 2.05) is 30.5 Å². The van der Waals surface area contributed by atoms with Gasteiger partial charge in [0.2, 0.25) is 5.91 Å². The molecule has 3 rings (SSSR count). The van der Waals surface area contributed by atoms with Gasteiger partial charge in [-0.2, -0.15) is 5.10 Å². The number of carbonyl (C=O) groups is 1. The van der Waals surface area contributed by atoms with Crippen LogP contribution in [0.1, 0.15) is 61.5 Å². The van der Waals surface area contributed by atoms with E-state index in [9.17, 15) is 13.2 Å². The molecule has 1 saturated heterocycles. The fourth-order valence-corrected chi connectivity index (χ4v) is 5.92. The predicted octanol–water partition coefficient (Wildman–Crippen LogP) is 2.40. The first kappa shape index (κ1) is 18.4. The zero-order valence-electron chi connectivity index (χ0n) is 15.5. The summed E-state index contributed by atoms with van der Waals surface area (Å²) in [6.07, 6.45) is 6.16. The van der Waals surface area contributed by atoms with Crippen LogP contribution < -0.4 is 0 Å². The van der Waals surface area contributed by atoms with E-state index < -0.39 is 9.84 Å². The van der Waals surface area contributed by atoms with E-state index in [-0.39, 0.29) is 29.4 Å². The lowest BCUT2D eigenvalue weighted by Crippen LogP contribution is -2.33. The minimum Gasteiger partial charge on any atom is -0.341 e. The molecule has 1 aromatic rings. The average Bonchev–Trinajstić information content (AvgIpc) is 3.08. The average molecular weight is 368 g/mol. The molecule has 0 spiro atoms. The maximum atomic E-state index is 12.7. The van der Waals surface area contributed by atoms with Gasteiger partial charge < -0.3 is 4.90 Å². The van der Waals surface area contributed by atoms with Crippen LogP contribution in [0.3, 0.4) is 0 Å². The lowest BCUT2D eigenvalue weighted by atomic mass is 9.88. The van der Waals surface area contributed by atoms with Gasteiger partial charge in [-0.25, -0.2) is 8.42 Å². The second-order valence-electron chi connectivity index (χ2n) is 7.68. The van der Waals surface area contributed by atoms with Crippen LogP contribution in [0.5, 0.6) is 0 Å². The highest BCUT2D eigenvalue weighted by atomic mass is 32.2. The Kier molecular flexibility index (Phi) is 5.23. The Morgan fingerprint density at radius 3 is 2.48 bits per heavy atom. The molecule has 6 nitrogen and oxygen atoms in total. The number of aryl methyl sites for hydroxylation is 1. The summed E-state index contributed by atoms with van der Waals surface area (Å²) in [7, 11) is -1.07. The molecule has 2 aliphatic rings. The number of hydrogen-bond acceptors (Lipinski definition) is 4. The van der Waals surface area contributed by atoms with Gasteiger partial charge in [-0.1, -0.05) is 19.3 Å². The molecule has 0 aromatic carbocycles. The molecule has 2 heterocycles. The molecule has 1 aliphatic carbocycles. The number of amides is 1. The van der Waals surface area contributed by atoms with Crippen LogP contribution in [0.2, 0.25) is 0 Å². The van der Waals surface area contributed by atoms with Crippen molar-refractivity contribution in [3.05, 3.63) is 17.0 Å². The number of rotatable bonds is 4. The topological polar surface area (TPSA) is 72.3 Å². The van der Waals surface area contributed by atoms with Crippen molar-refractivity contribution in [2.75, 3.05) is 18.6 Å². The number of nitrogens with zero attached hydrogens (tertiary/aromatic N) is 3. The van der Waals surface area contributed by atoms with Gasteiger partial charge in [0.1, 0.15) is 0 Å². The summed E-state index contributed by atoms with van der Waals surface area (Å²) >= 11 is 0. The van der Waals surface area contributed by atoms with Gasteiger partial charge in [0.15, 0.2) is 9.84 Å². The fourth-order valence-electron chi connectivity index (χ4n) is 4.23. The van der Waals surface area contributed by atoms with E-state index in [1.165, 1.54) is 6.42 Å². The Balaban J connectivity index is 1.73. The minimum absolute atomic E-state index is 0.0724. The summed E-state index contributed by atoms with van der Waals surface area (Å²) in [6, 6.07) is -0.0724. The largest absolute Gasteiger partial charge is 0.341 e. The SMILES string of the molecule is Cc1nn(C2CCS(=O)(=O)C2)c(C)c1CN(C)C(=O)C1CCCCC1. The Bertz CT molecular complexity index is 748. The summed E-state index contributed by atoms with van der Waals surface area (Å²) in [5.41, 5.74) is 2.93. The van der Waals surface area contributed by atoms with Crippen molar-refractivity contribution in [1.82, 2.24) is 14.7 Å². The zero-order valence-corrected chi connectivity index (χ0v) is 16.3. The summed E-state index contributed by atoms with van der Waals surface area (Å²) in [6.45, 7) is 4.48. The highest BCUT2D eigenvalue weighted by Crippen LogP contribution is 2.29. The van der Waals surface area contributed by atoms with Gasteiger partial charge in [-0.3, -0.25) is 9.48 Å². The second-order valence-corrected chi connectivity index (χ2v) is 9.91. The van der Waals surface area contributed by atoms with Gasteiger partial charge in [0.25, 0.3) is 0 Å². The lowest BCUT2D eigenvalue weighted by Gasteiger charge is -2.26. The summed E-state index contributed by atoms with van der Waals surface area (Å²) < 4.78 is 25.4. The molecule has 1 aliphatic heterocycles. The van der Waals surface area contributed by atoms with Crippen molar-refractivity contribution in [1.29, 1.82) is 0 Å². The molecule has 2 fully saturated rings. The molecule has 1 unspecified atom stereocenters. The molecular weight excluding hydrogens is 338 g/mol. The van der Waals surface area contributed by atoms with Gasteiger partial charge >= 0.3 is 0 Å². The van der Waals surface area contributed by atoms with Crippen molar-refractivity contribution in [3.63, 3.8) is 0 Å². The van der Waals surface area contributed by atoms with Crippen LogP contribution in [0.15, 0.2) is 0 Å². The second kappa shape index (κ2) is 7.09. The summed E-state index contributed by atoms with van der Waals surface area (Å²) in [5.74, 6) is 0.806. The molecule has 140 valence electrons. The zero-order chi connectivity index (χ0) is 18.2. The highest BCUT2D eigenvalue weighted by Gasteiger charge is 2.32. The van der Waals surface area contributed by atoms with Gasteiger partial charge in [0.05, 0.1) is 23.2 Å². The molecule has 7 heteroatoms. The third-order valence-corrected chi connectivity index (χ3v) is 7.51. The molecule has 1 saturated carbocycles. The molecule has 1 atom stereocenters. The molecule has 1 aromatic heterocycles. The van der Waals surface area contributed by atoms with Crippen molar-refractivity contribution in [3.8, 4) is 0 Å². The van der Waals surface area contributed by atoms with E-state index in [2.05, 4.69) is 5.10 Å². The van der Waals surface area contributed by atoms with E-state index >= 15 is 0 Å². The third-order valence-electron chi connectivity index (χ3n) is 5.76. The van der Waals surface area contributed by atoms with E-state index in [0.717, 1.165) is 42.6 Å². The number of carbonyl (C=O) groups excluding carboxylic acids is 1. The van der Waals surface area contributed by atoms with Crippen LogP contribution in [0.25, 0.3) is 0 Å². The Morgan fingerprint density at radius 1 is 1.20 bits per heavy atom. The Morgan fingerprint density at radius 2 is 1.88 bits per heavy atom. The molecule has 25 heavy (non-hydrogen) atoms. The fraction of sp³-hybridized carbons (Fsp3) is 0.778. The number of hydrogen-bond donors (Lipinski definition) is 0. The molecular formula is C18H29N3O3S. The maximum absolute atomic E-state index is 12.7. The number of sulfone groups is 1. The molecule has 0 radical (unpaired) electrons. The van der Waals surface area contributed by atoms with Crippen molar-refractivity contribution >= 4 is 15.7 Å². The third kappa shape index (κ3) is 3.91. The summed E-state index contributed by atoms with van der Waals surface area (Å²) in [4.78, 5) is 14.5. The summed E-state index contributed by atoms with van der Waals surface area (Å²) in [5, 5.41) is 4.60. The molecule has 0 bridgehead atoms. The van der Waals surface area contributed by atoms with Crippen LogP contribution in [0.4, 0.5) is 0 Å². The first-order valence-electron chi connectivity index (χ1n) is 9.28. The monoisotopic (exact) mass is 367 g/mol. The van der Waals surface area contributed by atoms with Crippen LogP contribution in [-0.4, -0.2) is 47.6 Å². The maximum Gasteiger partial charge on any atom is 0.225 e. The van der Waals surface area contributed by atoms with Crippen LogP contribution in [0, 0.1) is 19.8 Å².